The Morgan fingerprint density at radius 1 is 1.16 bits per heavy atom. The summed E-state index contributed by atoms with van der Waals surface area (Å²) in [5.41, 5.74) is 1.54. The summed E-state index contributed by atoms with van der Waals surface area (Å²) in [6.07, 6.45) is 0.549. The normalized spacial score (nSPS) is 11.9. The smallest absolute Gasteiger partial charge is 0.354 e. The number of halogens is 1. The molecule has 0 atom stereocenters. The van der Waals surface area contributed by atoms with E-state index in [0.29, 0.717) is 23.2 Å². The molecule has 0 unspecified atom stereocenters. The molecule has 9 heteroatoms. The summed E-state index contributed by atoms with van der Waals surface area (Å²) in [4.78, 5) is 25.3. The highest BCUT2D eigenvalue weighted by Gasteiger charge is 2.31. The maximum absolute atomic E-state index is 13.3. The number of aromatic nitrogens is 1. The van der Waals surface area contributed by atoms with Gasteiger partial charge in [-0.15, -0.1) is 0 Å². The van der Waals surface area contributed by atoms with Crippen molar-refractivity contribution in [1.82, 2.24) is 8.87 Å². The van der Waals surface area contributed by atoms with Crippen molar-refractivity contribution >= 4 is 21.8 Å². The fourth-order valence-electron chi connectivity index (χ4n) is 3.46. The van der Waals surface area contributed by atoms with Gasteiger partial charge in [0.1, 0.15) is 11.5 Å². The molecule has 2 rings (SSSR count). The molecule has 31 heavy (non-hydrogen) atoms. The minimum atomic E-state index is -4.02. The molecule has 2 aromatic rings. The highest BCUT2D eigenvalue weighted by Crippen LogP contribution is 2.24. The molecule has 1 aromatic carbocycles. The molecule has 0 N–H and O–H groups in total. The van der Waals surface area contributed by atoms with E-state index in [1.807, 2.05) is 13.8 Å². The third kappa shape index (κ3) is 5.22. The Kier molecular flexibility index (Phi) is 7.77. The van der Waals surface area contributed by atoms with Crippen LogP contribution in [-0.4, -0.2) is 49.2 Å². The number of hydrogen-bond donors (Lipinski definition) is 0. The lowest BCUT2D eigenvalue weighted by Crippen LogP contribution is -2.37. The second-order valence-electron chi connectivity index (χ2n) is 7.88. The SMILES string of the molecule is COC(=O)c1c(C)c(C(=O)CN(CCC(C)C)S(=O)(=O)c2ccc(F)cc2)c(C)n1C. The topological polar surface area (TPSA) is 85.7 Å². The van der Waals surface area contributed by atoms with Crippen molar-refractivity contribution in [3.63, 3.8) is 0 Å². The van der Waals surface area contributed by atoms with Crippen LogP contribution in [0.2, 0.25) is 0 Å². The molecule has 1 aromatic heterocycles. The van der Waals surface area contributed by atoms with Gasteiger partial charge >= 0.3 is 5.97 Å². The summed E-state index contributed by atoms with van der Waals surface area (Å²) < 4.78 is 47.2. The highest BCUT2D eigenvalue weighted by molar-refractivity contribution is 7.89. The van der Waals surface area contributed by atoms with E-state index in [0.717, 1.165) is 16.4 Å². The summed E-state index contributed by atoms with van der Waals surface area (Å²) in [6, 6.07) is 4.52. The molecular weight excluding hydrogens is 423 g/mol. The molecule has 1 heterocycles. The first-order chi connectivity index (χ1) is 14.4. The Balaban J connectivity index is 2.45. The average molecular weight is 453 g/mol. The predicted molar refractivity (Wildman–Crippen MR) is 115 cm³/mol. The van der Waals surface area contributed by atoms with Crippen LogP contribution in [0.3, 0.4) is 0 Å². The number of carbonyl (C=O) groups is 2. The van der Waals surface area contributed by atoms with Crippen molar-refractivity contribution in [2.24, 2.45) is 13.0 Å². The Morgan fingerprint density at radius 3 is 2.26 bits per heavy atom. The van der Waals surface area contributed by atoms with Crippen LogP contribution in [0.25, 0.3) is 0 Å². The van der Waals surface area contributed by atoms with Crippen molar-refractivity contribution in [2.75, 3.05) is 20.2 Å². The second-order valence-corrected chi connectivity index (χ2v) is 9.82. The van der Waals surface area contributed by atoms with Crippen molar-refractivity contribution in [3.8, 4) is 0 Å². The van der Waals surface area contributed by atoms with E-state index < -0.39 is 34.1 Å². The number of hydrogen-bond acceptors (Lipinski definition) is 5. The number of rotatable bonds is 9. The van der Waals surface area contributed by atoms with Gasteiger partial charge in [0.15, 0.2) is 5.78 Å². The third-order valence-corrected chi connectivity index (χ3v) is 7.17. The largest absolute Gasteiger partial charge is 0.464 e. The summed E-state index contributed by atoms with van der Waals surface area (Å²) in [6.45, 7) is 6.99. The number of esters is 1. The van der Waals surface area contributed by atoms with E-state index in [2.05, 4.69) is 0 Å². The number of sulfonamides is 1. The first-order valence-electron chi connectivity index (χ1n) is 9.94. The molecular formula is C22H29FN2O5S. The van der Waals surface area contributed by atoms with Gasteiger partial charge in [-0.3, -0.25) is 4.79 Å². The Labute approximate surface area is 182 Å². The molecule has 0 bridgehead atoms. The Morgan fingerprint density at radius 2 is 1.74 bits per heavy atom. The standard InChI is InChI=1S/C22H29FN2O5S/c1-14(2)11-12-25(31(28,29)18-9-7-17(23)8-10-18)13-19(26)20-15(3)21(22(27)30-6)24(5)16(20)4/h7-10,14H,11-13H2,1-6H3. The van der Waals surface area contributed by atoms with Crippen LogP contribution in [0.15, 0.2) is 29.2 Å². The average Bonchev–Trinajstić information content (AvgIpc) is 2.93. The molecule has 7 nitrogen and oxygen atoms in total. The maximum Gasteiger partial charge on any atom is 0.354 e. The predicted octanol–water partition coefficient (Wildman–Crippen LogP) is 3.49. The van der Waals surface area contributed by atoms with Gasteiger partial charge in [0.25, 0.3) is 0 Å². The quantitative estimate of drug-likeness (QED) is 0.429. The van der Waals surface area contributed by atoms with Gasteiger partial charge in [0.2, 0.25) is 10.0 Å². The van der Waals surface area contributed by atoms with Crippen LogP contribution in [0, 0.1) is 25.6 Å². The fraction of sp³-hybridized carbons (Fsp3) is 0.455. The van der Waals surface area contributed by atoms with Crippen molar-refractivity contribution in [2.45, 2.75) is 39.0 Å². The van der Waals surface area contributed by atoms with E-state index in [-0.39, 0.29) is 23.1 Å². The maximum atomic E-state index is 13.3. The number of methoxy groups -OCH3 is 1. The minimum absolute atomic E-state index is 0.0813. The van der Waals surface area contributed by atoms with Gasteiger partial charge in [-0.2, -0.15) is 4.31 Å². The van der Waals surface area contributed by atoms with E-state index in [9.17, 15) is 22.4 Å². The molecule has 0 fully saturated rings. The summed E-state index contributed by atoms with van der Waals surface area (Å²) in [7, 11) is -1.11. The van der Waals surface area contributed by atoms with Crippen LogP contribution >= 0.6 is 0 Å². The first-order valence-corrected chi connectivity index (χ1v) is 11.4. The van der Waals surface area contributed by atoms with E-state index in [4.69, 9.17) is 4.74 Å². The lowest BCUT2D eigenvalue weighted by Gasteiger charge is -2.22. The number of nitrogens with zero attached hydrogens (tertiary/aromatic N) is 2. The van der Waals surface area contributed by atoms with E-state index in [1.54, 1.807) is 25.5 Å². The molecule has 0 spiro atoms. The van der Waals surface area contributed by atoms with Gasteiger partial charge in [0.05, 0.1) is 18.6 Å². The number of carbonyl (C=O) groups excluding carboxylic acids is 2. The summed E-state index contributed by atoms with van der Waals surface area (Å²) >= 11 is 0. The van der Waals surface area contributed by atoms with Crippen molar-refractivity contribution < 1.29 is 27.1 Å². The molecule has 0 saturated heterocycles. The monoisotopic (exact) mass is 452 g/mol. The molecule has 0 amide bonds. The molecule has 0 aliphatic rings. The van der Waals surface area contributed by atoms with Crippen LogP contribution in [0.4, 0.5) is 4.39 Å². The number of ketones is 1. The van der Waals surface area contributed by atoms with Crippen LogP contribution in [0.5, 0.6) is 0 Å². The van der Waals surface area contributed by atoms with Crippen molar-refractivity contribution in [1.29, 1.82) is 0 Å². The zero-order chi connectivity index (χ0) is 23.5. The Bertz CT molecular complexity index is 1070. The van der Waals surface area contributed by atoms with Gasteiger partial charge < -0.3 is 9.30 Å². The summed E-state index contributed by atoms with van der Waals surface area (Å²) in [5, 5.41) is 0. The third-order valence-electron chi connectivity index (χ3n) is 5.32. The van der Waals surface area contributed by atoms with Gasteiger partial charge in [0, 0.05) is 24.8 Å². The van der Waals surface area contributed by atoms with Gasteiger partial charge in [-0.05, 0) is 56.0 Å². The molecule has 170 valence electrons. The number of Topliss-reactive ketones (excluding diaryl/α,β-unsaturated/α-hetero) is 1. The number of benzene rings is 1. The van der Waals surface area contributed by atoms with Crippen LogP contribution in [-0.2, 0) is 21.8 Å². The minimum Gasteiger partial charge on any atom is -0.464 e. The zero-order valence-electron chi connectivity index (χ0n) is 18.7. The summed E-state index contributed by atoms with van der Waals surface area (Å²) in [5.74, 6) is -1.32. The molecule has 0 aliphatic carbocycles. The molecule has 0 aliphatic heterocycles. The second kappa shape index (κ2) is 9.74. The fourth-order valence-corrected chi connectivity index (χ4v) is 4.87. The van der Waals surface area contributed by atoms with E-state index in [1.165, 1.54) is 19.2 Å². The highest BCUT2D eigenvalue weighted by atomic mass is 32.2. The first kappa shape index (κ1) is 24.7. The van der Waals surface area contributed by atoms with Gasteiger partial charge in [-0.1, -0.05) is 13.8 Å². The van der Waals surface area contributed by atoms with E-state index >= 15 is 0 Å². The zero-order valence-corrected chi connectivity index (χ0v) is 19.5. The van der Waals surface area contributed by atoms with Crippen molar-refractivity contribution in [3.05, 3.63) is 52.6 Å². The molecule has 0 radical (unpaired) electrons. The van der Waals surface area contributed by atoms with Crippen LogP contribution in [0.1, 0.15) is 52.4 Å². The molecule has 0 saturated carbocycles. The lowest BCUT2D eigenvalue weighted by atomic mass is 10.1. The lowest BCUT2D eigenvalue weighted by molar-refractivity contribution is 0.0588. The van der Waals surface area contributed by atoms with Crippen LogP contribution < -0.4 is 0 Å². The Hall–Kier alpha value is -2.52. The number of ether oxygens (including phenoxy) is 1. The van der Waals surface area contributed by atoms with Gasteiger partial charge in [-0.25, -0.2) is 17.6 Å².